The Hall–Kier alpha value is -1.68. The summed E-state index contributed by atoms with van der Waals surface area (Å²) in [6.07, 6.45) is 6.36. The van der Waals surface area contributed by atoms with Gasteiger partial charge in [0.2, 0.25) is 0 Å². The molecule has 0 amide bonds. The van der Waals surface area contributed by atoms with Crippen molar-refractivity contribution in [3.8, 4) is 5.75 Å². The van der Waals surface area contributed by atoms with Crippen LogP contribution < -0.4 is 10.1 Å². The summed E-state index contributed by atoms with van der Waals surface area (Å²) in [5.74, 6) is 0.725. The lowest BCUT2D eigenvalue weighted by Crippen LogP contribution is -2.06. The molecule has 1 N–H and O–H groups in total. The molecule has 0 saturated heterocycles. The average Bonchev–Trinajstić information content (AvgIpc) is 3.18. The Kier molecular flexibility index (Phi) is 3.83. The van der Waals surface area contributed by atoms with Gasteiger partial charge in [-0.05, 0) is 38.0 Å². The summed E-state index contributed by atoms with van der Waals surface area (Å²) in [5.41, 5.74) is 2.19. The van der Waals surface area contributed by atoms with Crippen LogP contribution in [0.1, 0.15) is 31.5 Å². The Morgan fingerprint density at radius 3 is 3.00 bits per heavy atom. The van der Waals surface area contributed by atoms with E-state index in [9.17, 15) is 0 Å². The Labute approximate surface area is 123 Å². The summed E-state index contributed by atoms with van der Waals surface area (Å²) in [5, 5.41) is 4.01. The van der Waals surface area contributed by atoms with Gasteiger partial charge in [0.25, 0.3) is 0 Å². The van der Waals surface area contributed by atoms with Crippen LogP contribution in [0.3, 0.4) is 0 Å². The highest BCUT2D eigenvalue weighted by Crippen LogP contribution is 2.35. The van der Waals surface area contributed by atoms with E-state index in [4.69, 9.17) is 16.3 Å². The molecule has 1 aliphatic rings. The first-order chi connectivity index (χ1) is 9.78. The molecule has 2 aromatic rings. The number of nitrogens with one attached hydrogen (secondary N) is 1. The average molecular weight is 292 g/mol. The number of imidazole rings is 1. The molecule has 1 aromatic carbocycles. The fraction of sp³-hybridized carbons (Fsp3) is 0.400. The van der Waals surface area contributed by atoms with Gasteiger partial charge in [-0.25, -0.2) is 4.98 Å². The van der Waals surface area contributed by atoms with E-state index in [2.05, 4.69) is 14.9 Å². The van der Waals surface area contributed by atoms with Crippen molar-refractivity contribution < 1.29 is 4.74 Å². The number of hydrogen-bond donors (Lipinski definition) is 1. The molecule has 0 aliphatic heterocycles. The van der Waals surface area contributed by atoms with Crippen molar-refractivity contribution in [2.45, 2.75) is 32.4 Å². The monoisotopic (exact) mass is 291 g/mol. The van der Waals surface area contributed by atoms with Gasteiger partial charge in [-0.2, -0.15) is 0 Å². The zero-order valence-electron chi connectivity index (χ0n) is 11.5. The van der Waals surface area contributed by atoms with Crippen LogP contribution in [0.15, 0.2) is 30.7 Å². The van der Waals surface area contributed by atoms with E-state index in [0.29, 0.717) is 17.7 Å². The number of hydrogen-bond acceptors (Lipinski definition) is 3. The molecule has 4 nitrogen and oxygen atoms in total. The summed E-state index contributed by atoms with van der Waals surface area (Å²) in [4.78, 5) is 4.23. The van der Waals surface area contributed by atoms with Crippen LogP contribution in [0.4, 0.5) is 5.69 Å². The van der Waals surface area contributed by atoms with Gasteiger partial charge in [0.15, 0.2) is 0 Å². The number of benzene rings is 1. The number of halogens is 1. The minimum absolute atomic E-state index is 0.618. The standard InChI is InChI=1S/C15H18ClN3O/c1-2-20-15-6-3-11(7-14(15)16)18-9-13-8-17-10-19(13)12-4-5-12/h3,6-8,10,12,18H,2,4-5,9H2,1H3. The lowest BCUT2D eigenvalue weighted by Gasteiger charge is -2.11. The molecule has 5 heteroatoms. The van der Waals surface area contributed by atoms with E-state index in [1.165, 1.54) is 18.5 Å². The maximum absolute atomic E-state index is 6.18. The van der Waals surface area contributed by atoms with Crippen LogP contribution in [0, 0.1) is 0 Å². The highest BCUT2D eigenvalue weighted by atomic mass is 35.5. The van der Waals surface area contributed by atoms with Gasteiger partial charge in [0.05, 0.1) is 30.2 Å². The normalized spacial score (nSPS) is 14.3. The summed E-state index contributed by atoms with van der Waals surface area (Å²) in [6.45, 7) is 3.31. The molecule has 1 aromatic heterocycles. The SMILES string of the molecule is CCOc1ccc(NCc2cncn2C2CC2)cc1Cl. The molecule has 1 saturated carbocycles. The van der Waals surface area contributed by atoms with Gasteiger partial charge in [-0.1, -0.05) is 11.6 Å². The number of ether oxygens (including phenoxy) is 1. The largest absolute Gasteiger partial charge is 0.492 e. The first-order valence-electron chi connectivity index (χ1n) is 6.95. The number of anilines is 1. The van der Waals surface area contributed by atoms with Crippen molar-refractivity contribution in [3.63, 3.8) is 0 Å². The molecule has 20 heavy (non-hydrogen) atoms. The minimum Gasteiger partial charge on any atom is -0.492 e. The predicted octanol–water partition coefficient (Wildman–Crippen LogP) is 3.88. The lowest BCUT2D eigenvalue weighted by atomic mass is 10.3. The second-order valence-electron chi connectivity index (χ2n) is 4.96. The maximum Gasteiger partial charge on any atom is 0.138 e. The highest BCUT2D eigenvalue weighted by molar-refractivity contribution is 6.32. The molecule has 1 fully saturated rings. The fourth-order valence-electron chi connectivity index (χ4n) is 2.23. The molecule has 3 rings (SSSR count). The van der Waals surface area contributed by atoms with Crippen LogP contribution in [0.25, 0.3) is 0 Å². The van der Waals surface area contributed by atoms with Crippen molar-refractivity contribution in [2.75, 3.05) is 11.9 Å². The highest BCUT2D eigenvalue weighted by Gasteiger charge is 2.24. The molecule has 0 bridgehead atoms. The number of nitrogens with zero attached hydrogens (tertiary/aromatic N) is 2. The lowest BCUT2D eigenvalue weighted by molar-refractivity contribution is 0.340. The summed E-state index contributed by atoms with van der Waals surface area (Å²) < 4.78 is 7.68. The van der Waals surface area contributed by atoms with Gasteiger partial charge < -0.3 is 14.6 Å². The predicted molar refractivity (Wildman–Crippen MR) is 80.4 cm³/mol. The van der Waals surface area contributed by atoms with Gasteiger partial charge in [-0.15, -0.1) is 0 Å². The van der Waals surface area contributed by atoms with E-state index in [1.807, 2.05) is 37.6 Å². The zero-order chi connectivity index (χ0) is 13.9. The molecule has 0 atom stereocenters. The third-order valence-electron chi connectivity index (χ3n) is 3.39. The van der Waals surface area contributed by atoms with Gasteiger partial charge in [0.1, 0.15) is 5.75 Å². The molecule has 1 aliphatic carbocycles. The van der Waals surface area contributed by atoms with Crippen molar-refractivity contribution in [1.82, 2.24) is 9.55 Å². The van der Waals surface area contributed by atoms with Crippen molar-refractivity contribution in [3.05, 3.63) is 41.4 Å². The van der Waals surface area contributed by atoms with Crippen LogP contribution in [0.2, 0.25) is 5.02 Å². The molecule has 1 heterocycles. The van der Waals surface area contributed by atoms with Crippen LogP contribution >= 0.6 is 11.6 Å². The second kappa shape index (κ2) is 5.75. The molecule has 0 spiro atoms. The van der Waals surface area contributed by atoms with Crippen molar-refractivity contribution >= 4 is 17.3 Å². The topological polar surface area (TPSA) is 39.1 Å². The fourth-order valence-corrected chi connectivity index (χ4v) is 2.46. The van der Waals surface area contributed by atoms with E-state index in [0.717, 1.165) is 18.0 Å². The molecular formula is C15H18ClN3O. The summed E-state index contributed by atoms with van der Waals surface area (Å²) >= 11 is 6.18. The quantitative estimate of drug-likeness (QED) is 0.878. The molecule has 0 radical (unpaired) electrons. The van der Waals surface area contributed by atoms with Crippen molar-refractivity contribution in [2.24, 2.45) is 0 Å². The van der Waals surface area contributed by atoms with Crippen LogP contribution in [-0.2, 0) is 6.54 Å². The molecule has 106 valence electrons. The summed E-state index contributed by atoms with van der Waals surface area (Å²) in [7, 11) is 0. The van der Waals surface area contributed by atoms with Crippen molar-refractivity contribution in [1.29, 1.82) is 0 Å². The van der Waals surface area contributed by atoms with E-state index < -0.39 is 0 Å². The third-order valence-corrected chi connectivity index (χ3v) is 3.69. The minimum atomic E-state index is 0.618. The van der Waals surface area contributed by atoms with Crippen LogP contribution in [0.5, 0.6) is 5.75 Å². The summed E-state index contributed by atoms with van der Waals surface area (Å²) in [6, 6.07) is 6.42. The van der Waals surface area contributed by atoms with E-state index in [-0.39, 0.29) is 0 Å². The maximum atomic E-state index is 6.18. The van der Waals surface area contributed by atoms with E-state index in [1.54, 1.807) is 0 Å². The van der Waals surface area contributed by atoms with E-state index >= 15 is 0 Å². The smallest absolute Gasteiger partial charge is 0.138 e. The molecular weight excluding hydrogens is 274 g/mol. The Morgan fingerprint density at radius 1 is 1.45 bits per heavy atom. The number of aromatic nitrogens is 2. The van der Waals surface area contributed by atoms with Gasteiger partial charge in [0, 0.05) is 17.9 Å². The Morgan fingerprint density at radius 2 is 2.30 bits per heavy atom. The van der Waals surface area contributed by atoms with Gasteiger partial charge in [-0.3, -0.25) is 0 Å². The zero-order valence-corrected chi connectivity index (χ0v) is 12.2. The first kappa shape index (κ1) is 13.3. The Bertz CT molecular complexity index is 593. The van der Waals surface area contributed by atoms with Gasteiger partial charge >= 0.3 is 0 Å². The second-order valence-corrected chi connectivity index (χ2v) is 5.36. The third kappa shape index (κ3) is 2.90. The number of rotatable bonds is 6. The first-order valence-corrected chi connectivity index (χ1v) is 7.32. The molecule has 0 unspecified atom stereocenters. The Balaban J connectivity index is 1.65. The van der Waals surface area contributed by atoms with Crippen LogP contribution in [-0.4, -0.2) is 16.2 Å².